The number of carbonyl (C=O) groups excluding carboxylic acids is 1. The molecule has 3 nitrogen and oxygen atoms in total. The minimum Gasteiger partial charge on any atom is -0.337 e. The maximum atomic E-state index is 12.7. The molecule has 1 aromatic heterocycles. The normalized spacial score (nSPS) is 16.9. The molecule has 0 aliphatic heterocycles. The van der Waals surface area contributed by atoms with Crippen molar-refractivity contribution in [2.75, 3.05) is 13.1 Å². The predicted octanol–water partition coefficient (Wildman–Crippen LogP) is 3.04. The summed E-state index contributed by atoms with van der Waals surface area (Å²) in [6, 6.07) is 4.12. The first-order valence-corrected chi connectivity index (χ1v) is 7.61. The molecule has 1 fully saturated rings. The van der Waals surface area contributed by atoms with Gasteiger partial charge in [0.2, 0.25) is 5.91 Å². The molecule has 1 saturated carbocycles. The second kappa shape index (κ2) is 7.27. The maximum absolute atomic E-state index is 12.7. The summed E-state index contributed by atoms with van der Waals surface area (Å²) >= 11 is 1.71. The van der Waals surface area contributed by atoms with E-state index >= 15 is 0 Å². The smallest absolute Gasteiger partial charge is 0.230 e. The highest BCUT2D eigenvalue weighted by atomic mass is 35.5. The molecule has 0 bridgehead atoms. The number of nitrogens with two attached hydrogens (primary N) is 1. The Bertz CT molecular complexity index is 388. The van der Waals surface area contributed by atoms with Crippen molar-refractivity contribution in [1.29, 1.82) is 0 Å². The van der Waals surface area contributed by atoms with E-state index in [0.29, 0.717) is 6.54 Å². The van der Waals surface area contributed by atoms with E-state index in [4.69, 9.17) is 5.73 Å². The summed E-state index contributed by atoms with van der Waals surface area (Å²) in [4.78, 5) is 15.9. The zero-order valence-corrected chi connectivity index (χ0v) is 13.1. The van der Waals surface area contributed by atoms with Crippen molar-refractivity contribution in [2.24, 2.45) is 11.1 Å². The molecule has 108 valence electrons. The van der Waals surface area contributed by atoms with Gasteiger partial charge in [0.05, 0.1) is 12.0 Å². The number of thiophene rings is 1. The first-order valence-electron chi connectivity index (χ1n) is 6.73. The van der Waals surface area contributed by atoms with E-state index < -0.39 is 0 Å². The lowest BCUT2D eigenvalue weighted by Crippen LogP contribution is -2.46. The molecule has 0 atom stereocenters. The summed E-state index contributed by atoms with van der Waals surface area (Å²) in [7, 11) is 0. The molecule has 0 saturated heterocycles. The molecule has 0 radical (unpaired) electrons. The van der Waals surface area contributed by atoms with Crippen molar-refractivity contribution in [3.63, 3.8) is 0 Å². The lowest BCUT2D eigenvalue weighted by molar-refractivity contribution is -0.141. The Labute approximate surface area is 125 Å². The van der Waals surface area contributed by atoms with Crippen LogP contribution in [0.4, 0.5) is 0 Å². The van der Waals surface area contributed by atoms with Crippen molar-refractivity contribution in [2.45, 2.75) is 39.2 Å². The second-order valence-corrected chi connectivity index (χ2v) is 6.12. The molecule has 2 rings (SSSR count). The SMILES string of the molecule is CCN(Cc1cccs1)C(=O)C1(CN)CCCC1.Cl. The summed E-state index contributed by atoms with van der Waals surface area (Å²) in [5.41, 5.74) is 5.62. The predicted molar refractivity (Wildman–Crippen MR) is 82.6 cm³/mol. The van der Waals surface area contributed by atoms with Gasteiger partial charge in [-0.3, -0.25) is 4.79 Å². The van der Waals surface area contributed by atoms with E-state index in [1.165, 1.54) is 4.88 Å². The molecule has 1 heterocycles. The highest BCUT2D eigenvalue weighted by Crippen LogP contribution is 2.39. The Morgan fingerprint density at radius 2 is 2.16 bits per heavy atom. The van der Waals surface area contributed by atoms with Crippen LogP contribution in [0, 0.1) is 5.41 Å². The fourth-order valence-electron chi connectivity index (χ4n) is 2.81. The van der Waals surface area contributed by atoms with Crippen LogP contribution in [-0.4, -0.2) is 23.9 Å². The van der Waals surface area contributed by atoms with Gasteiger partial charge in [0.25, 0.3) is 0 Å². The van der Waals surface area contributed by atoms with Gasteiger partial charge in [-0.1, -0.05) is 18.9 Å². The van der Waals surface area contributed by atoms with E-state index in [0.717, 1.165) is 38.8 Å². The van der Waals surface area contributed by atoms with Gasteiger partial charge in [-0.15, -0.1) is 23.7 Å². The number of rotatable bonds is 5. The van der Waals surface area contributed by atoms with Gasteiger partial charge in [0.1, 0.15) is 0 Å². The van der Waals surface area contributed by atoms with Crippen LogP contribution in [0.3, 0.4) is 0 Å². The molecule has 1 aliphatic rings. The van der Waals surface area contributed by atoms with Crippen LogP contribution in [-0.2, 0) is 11.3 Å². The van der Waals surface area contributed by atoms with E-state index in [2.05, 4.69) is 11.4 Å². The zero-order valence-electron chi connectivity index (χ0n) is 11.4. The number of amides is 1. The van der Waals surface area contributed by atoms with Gasteiger partial charge in [0.15, 0.2) is 0 Å². The number of halogens is 1. The largest absolute Gasteiger partial charge is 0.337 e. The summed E-state index contributed by atoms with van der Waals surface area (Å²) in [5, 5.41) is 2.06. The van der Waals surface area contributed by atoms with Crippen LogP contribution in [0.5, 0.6) is 0 Å². The lowest BCUT2D eigenvalue weighted by atomic mass is 9.84. The molecule has 1 aromatic rings. The molecule has 0 spiro atoms. The monoisotopic (exact) mass is 302 g/mol. The van der Waals surface area contributed by atoms with Gasteiger partial charge in [-0.05, 0) is 31.2 Å². The Hall–Kier alpha value is -0.580. The molecular formula is C14H23ClN2OS. The van der Waals surface area contributed by atoms with Crippen LogP contribution in [0.1, 0.15) is 37.5 Å². The van der Waals surface area contributed by atoms with Crippen molar-refractivity contribution in [3.05, 3.63) is 22.4 Å². The summed E-state index contributed by atoms with van der Waals surface area (Å²) < 4.78 is 0. The molecule has 2 N–H and O–H groups in total. The van der Waals surface area contributed by atoms with Gasteiger partial charge in [-0.2, -0.15) is 0 Å². The molecule has 5 heteroatoms. The third kappa shape index (κ3) is 3.50. The zero-order chi connectivity index (χ0) is 13.0. The van der Waals surface area contributed by atoms with Crippen LogP contribution in [0.2, 0.25) is 0 Å². The topological polar surface area (TPSA) is 46.3 Å². The fourth-order valence-corrected chi connectivity index (χ4v) is 3.53. The van der Waals surface area contributed by atoms with Crippen LogP contribution < -0.4 is 5.73 Å². The Kier molecular flexibility index (Phi) is 6.30. The van der Waals surface area contributed by atoms with Gasteiger partial charge < -0.3 is 10.6 Å². The van der Waals surface area contributed by atoms with Gasteiger partial charge in [0, 0.05) is 18.0 Å². The molecule has 19 heavy (non-hydrogen) atoms. The minimum absolute atomic E-state index is 0. The quantitative estimate of drug-likeness (QED) is 0.909. The van der Waals surface area contributed by atoms with Crippen LogP contribution in [0.15, 0.2) is 17.5 Å². The second-order valence-electron chi connectivity index (χ2n) is 5.09. The molecular weight excluding hydrogens is 280 g/mol. The van der Waals surface area contributed by atoms with Gasteiger partial charge in [-0.25, -0.2) is 0 Å². The minimum atomic E-state index is -0.271. The lowest BCUT2D eigenvalue weighted by Gasteiger charge is -2.32. The Morgan fingerprint density at radius 3 is 2.63 bits per heavy atom. The third-order valence-corrected chi connectivity index (χ3v) is 4.86. The first-order chi connectivity index (χ1) is 8.72. The van der Waals surface area contributed by atoms with E-state index in [9.17, 15) is 4.79 Å². The van der Waals surface area contributed by atoms with Crippen molar-refractivity contribution < 1.29 is 4.79 Å². The fraction of sp³-hybridized carbons (Fsp3) is 0.643. The third-order valence-electron chi connectivity index (χ3n) is 4.00. The van der Waals surface area contributed by atoms with Crippen molar-refractivity contribution in [1.82, 2.24) is 4.90 Å². The van der Waals surface area contributed by atoms with Crippen LogP contribution in [0.25, 0.3) is 0 Å². The number of hydrogen-bond acceptors (Lipinski definition) is 3. The van der Waals surface area contributed by atoms with E-state index in [1.54, 1.807) is 11.3 Å². The van der Waals surface area contributed by atoms with Crippen LogP contribution >= 0.6 is 23.7 Å². The number of nitrogens with zero attached hydrogens (tertiary/aromatic N) is 1. The molecule has 0 unspecified atom stereocenters. The van der Waals surface area contributed by atoms with E-state index in [-0.39, 0.29) is 23.7 Å². The van der Waals surface area contributed by atoms with Gasteiger partial charge >= 0.3 is 0 Å². The molecule has 0 aromatic carbocycles. The summed E-state index contributed by atoms with van der Waals surface area (Å²) in [6.45, 7) is 4.03. The first kappa shape index (κ1) is 16.5. The number of hydrogen-bond donors (Lipinski definition) is 1. The number of carbonyl (C=O) groups is 1. The molecule has 1 amide bonds. The average Bonchev–Trinajstić information content (AvgIpc) is 3.06. The highest BCUT2D eigenvalue weighted by Gasteiger charge is 2.41. The maximum Gasteiger partial charge on any atom is 0.230 e. The average molecular weight is 303 g/mol. The standard InChI is InChI=1S/C14H22N2OS.ClH/c1-2-16(10-12-6-5-9-18-12)13(17)14(11-15)7-3-4-8-14;/h5-6,9H,2-4,7-8,10-11,15H2,1H3;1H. The molecule has 1 aliphatic carbocycles. The van der Waals surface area contributed by atoms with E-state index in [1.807, 2.05) is 17.9 Å². The Morgan fingerprint density at radius 1 is 1.47 bits per heavy atom. The highest BCUT2D eigenvalue weighted by molar-refractivity contribution is 7.09. The Balaban J connectivity index is 0.00000180. The van der Waals surface area contributed by atoms with Crippen molar-refractivity contribution >= 4 is 29.7 Å². The van der Waals surface area contributed by atoms with Crippen molar-refractivity contribution in [3.8, 4) is 0 Å². The summed E-state index contributed by atoms with van der Waals surface area (Å²) in [5.74, 6) is 0.262. The summed E-state index contributed by atoms with van der Waals surface area (Å²) in [6.07, 6.45) is 4.20.